The Morgan fingerprint density at radius 1 is 1.18 bits per heavy atom. The third kappa shape index (κ3) is 4.41. The molecule has 5 atom stereocenters. The van der Waals surface area contributed by atoms with Crippen LogP contribution in [-0.4, -0.2) is 80.2 Å². The van der Waals surface area contributed by atoms with Crippen molar-refractivity contribution >= 4 is 44.8 Å². The van der Waals surface area contributed by atoms with E-state index in [9.17, 15) is 42.6 Å². The highest BCUT2D eigenvalue weighted by atomic mass is 32.2. The molecule has 0 heterocycles. The zero-order valence-electron chi connectivity index (χ0n) is 21.3. The Kier molecular flexibility index (Phi) is 7.00. The molecule has 1 aromatic carbocycles. The topological polar surface area (TPSA) is 201 Å². The van der Waals surface area contributed by atoms with E-state index in [4.69, 9.17) is 5.73 Å². The first-order valence-electron chi connectivity index (χ1n) is 12.3. The van der Waals surface area contributed by atoms with Gasteiger partial charge in [-0.1, -0.05) is 0 Å². The van der Waals surface area contributed by atoms with Gasteiger partial charge in [-0.25, -0.2) is 13.1 Å². The highest BCUT2D eigenvalue weighted by molar-refractivity contribution is 7.88. The van der Waals surface area contributed by atoms with Crippen molar-refractivity contribution in [1.29, 1.82) is 0 Å². The number of benzene rings is 1. The van der Waals surface area contributed by atoms with Crippen LogP contribution in [0.4, 0.5) is 5.69 Å². The smallest absolute Gasteiger partial charge is 0.235 e. The van der Waals surface area contributed by atoms with Crippen molar-refractivity contribution in [1.82, 2.24) is 4.72 Å². The molecule has 12 nitrogen and oxygen atoms in total. The third-order valence-electron chi connectivity index (χ3n) is 7.93. The maximum absolute atomic E-state index is 13.8. The third-order valence-corrected chi connectivity index (χ3v) is 8.66. The van der Waals surface area contributed by atoms with E-state index in [0.717, 1.165) is 6.26 Å². The quantitative estimate of drug-likeness (QED) is 0.238. The Morgan fingerprint density at radius 3 is 2.42 bits per heavy atom. The number of phenols is 1. The Morgan fingerprint density at radius 2 is 1.84 bits per heavy atom. The summed E-state index contributed by atoms with van der Waals surface area (Å²) in [7, 11) is 0.111. The maximum atomic E-state index is 13.8. The van der Waals surface area contributed by atoms with Crippen molar-refractivity contribution in [2.75, 3.05) is 31.8 Å². The van der Waals surface area contributed by atoms with Crippen LogP contribution < -0.4 is 15.4 Å². The molecule has 2 fully saturated rings. The van der Waals surface area contributed by atoms with Crippen LogP contribution in [0.1, 0.15) is 40.7 Å². The number of aromatic hydroxyl groups is 1. The van der Waals surface area contributed by atoms with E-state index >= 15 is 0 Å². The normalized spacial score (nSPS) is 28.9. The van der Waals surface area contributed by atoms with Gasteiger partial charge in [0.1, 0.15) is 5.75 Å². The number of fused-ring (bicyclic) bond motifs is 3. The second-order valence-corrected chi connectivity index (χ2v) is 12.5. The predicted octanol–water partition coefficient (Wildman–Crippen LogP) is -1.13. The second-order valence-electron chi connectivity index (χ2n) is 10.7. The number of sulfonamides is 1. The molecule has 3 aliphatic carbocycles. The number of hydrogen-bond acceptors (Lipinski definition) is 10. The maximum Gasteiger partial charge on any atom is 0.235 e. The van der Waals surface area contributed by atoms with Crippen molar-refractivity contribution < 1.29 is 42.6 Å². The van der Waals surface area contributed by atoms with Gasteiger partial charge in [-0.05, 0) is 48.8 Å². The first-order chi connectivity index (χ1) is 17.6. The number of rotatable bonds is 7. The Labute approximate surface area is 219 Å². The summed E-state index contributed by atoms with van der Waals surface area (Å²) in [6.45, 7) is 0.111. The predicted molar refractivity (Wildman–Crippen MR) is 134 cm³/mol. The molecule has 38 heavy (non-hydrogen) atoms. The van der Waals surface area contributed by atoms with Gasteiger partial charge in [0.15, 0.2) is 34.7 Å². The number of ketones is 4. The van der Waals surface area contributed by atoms with E-state index in [0.29, 0.717) is 23.2 Å². The van der Waals surface area contributed by atoms with Crippen LogP contribution in [0.25, 0.3) is 0 Å². The minimum absolute atomic E-state index is 0.0214. The summed E-state index contributed by atoms with van der Waals surface area (Å²) in [6, 6.07) is 1.72. The summed E-state index contributed by atoms with van der Waals surface area (Å²) < 4.78 is 25.1. The first-order valence-corrected chi connectivity index (χ1v) is 14.2. The summed E-state index contributed by atoms with van der Waals surface area (Å²) in [4.78, 5) is 66.5. The van der Waals surface area contributed by atoms with Gasteiger partial charge in [0.2, 0.25) is 15.9 Å². The molecule has 4 rings (SSSR count). The number of primary amides is 1. The Bertz CT molecular complexity index is 1370. The van der Waals surface area contributed by atoms with Crippen LogP contribution >= 0.6 is 0 Å². The molecule has 1 amide bonds. The molecule has 0 saturated heterocycles. The SMILES string of the molecule is CN(C)c1cc(CCCNS(C)(=O)=O)c(O)c2c1C[C@H]1C[C@H]3CC(=O)C(C(N)=O)C(=O)[C@@]3(O)C(=O)C1C2=O. The van der Waals surface area contributed by atoms with Crippen molar-refractivity contribution in [3.05, 3.63) is 22.8 Å². The largest absolute Gasteiger partial charge is 0.507 e. The highest BCUT2D eigenvalue weighted by Crippen LogP contribution is 2.51. The number of nitrogens with zero attached hydrogens (tertiary/aromatic N) is 1. The molecule has 3 aliphatic rings. The number of hydrogen-bond donors (Lipinski definition) is 4. The van der Waals surface area contributed by atoms with Gasteiger partial charge in [0.05, 0.1) is 17.7 Å². The summed E-state index contributed by atoms with van der Waals surface area (Å²) in [5, 5.41) is 22.4. The van der Waals surface area contributed by atoms with Crippen molar-refractivity contribution in [2.24, 2.45) is 29.4 Å². The zero-order valence-corrected chi connectivity index (χ0v) is 22.1. The van der Waals surface area contributed by atoms with E-state index in [1.54, 1.807) is 25.1 Å². The molecule has 0 spiro atoms. The van der Waals surface area contributed by atoms with Gasteiger partial charge in [0, 0.05) is 38.7 Å². The number of amides is 1. The van der Waals surface area contributed by atoms with Crippen LogP contribution in [0.15, 0.2) is 6.07 Å². The summed E-state index contributed by atoms with van der Waals surface area (Å²) in [5.41, 5.74) is 3.95. The molecule has 0 radical (unpaired) electrons. The molecule has 0 aliphatic heterocycles. The van der Waals surface area contributed by atoms with Crippen LogP contribution in [-0.2, 0) is 42.0 Å². The summed E-state index contributed by atoms with van der Waals surface area (Å²) in [6.07, 6.45) is 1.39. The average Bonchev–Trinajstić information content (AvgIpc) is 2.79. The molecule has 0 aromatic heterocycles. The number of aryl methyl sites for hydroxylation is 1. The molecule has 13 heteroatoms. The zero-order chi connectivity index (χ0) is 28.3. The number of anilines is 1. The lowest BCUT2D eigenvalue weighted by Crippen LogP contribution is -2.68. The molecular weight excluding hydrogens is 518 g/mol. The van der Waals surface area contributed by atoms with Gasteiger partial charge in [0.25, 0.3) is 0 Å². The van der Waals surface area contributed by atoms with Gasteiger partial charge >= 0.3 is 0 Å². The first kappa shape index (κ1) is 27.9. The minimum atomic E-state index is -3.40. The van der Waals surface area contributed by atoms with Crippen LogP contribution in [0.5, 0.6) is 5.75 Å². The number of nitrogens with one attached hydrogen (secondary N) is 1. The lowest BCUT2D eigenvalue weighted by molar-refractivity contribution is -0.175. The van der Waals surface area contributed by atoms with Gasteiger partial charge in [-0.15, -0.1) is 0 Å². The molecule has 0 bridgehead atoms. The van der Waals surface area contributed by atoms with Crippen molar-refractivity contribution in [3.63, 3.8) is 0 Å². The van der Waals surface area contributed by atoms with Crippen LogP contribution in [0.2, 0.25) is 0 Å². The number of carbonyl (C=O) groups is 5. The molecule has 206 valence electrons. The molecule has 5 N–H and O–H groups in total. The van der Waals surface area contributed by atoms with Gasteiger partial charge in [-0.3, -0.25) is 24.0 Å². The highest BCUT2D eigenvalue weighted by Gasteiger charge is 2.66. The second kappa shape index (κ2) is 9.54. The fourth-order valence-electron chi connectivity index (χ4n) is 6.20. The lowest BCUT2D eigenvalue weighted by Gasteiger charge is -2.48. The van der Waals surface area contributed by atoms with Gasteiger partial charge in [-0.2, -0.15) is 0 Å². The van der Waals surface area contributed by atoms with Crippen molar-refractivity contribution in [2.45, 2.75) is 37.7 Å². The van der Waals surface area contributed by atoms with Crippen LogP contribution in [0.3, 0.4) is 0 Å². The van der Waals surface area contributed by atoms with Gasteiger partial charge < -0.3 is 20.8 Å². The number of aliphatic hydroxyl groups is 1. The molecule has 1 aromatic rings. The van der Waals surface area contributed by atoms with E-state index in [2.05, 4.69) is 4.72 Å². The van der Waals surface area contributed by atoms with E-state index < -0.39 is 74.8 Å². The van der Waals surface area contributed by atoms with Crippen molar-refractivity contribution in [3.8, 4) is 5.75 Å². The standard InChI is InChI=1S/C25H31N3O9S/c1-28(2)15-9-11(5-4-6-27-38(3,36)37)20(30)18-14(15)8-12-7-13-10-16(29)19(24(26)34)23(33)25(13,35)22(32)17(12)21(18)31/h9,12-13,17,19,27,30,35H,4-8,10H2,1-3H3,(H2,26,34)/t12-,13+,17?,19?,25+/m1/s1. The Balaban J connectivity index is 1.74. The fraction of sp³-hybridized carbons (Fsp3) is 0.560. The number of carbonyl (C=O) groups excluding carboxylic acids is 5. The minimum Gasteiger partial charge on any atom is -0.507 e. The average molecular weight is 550 g/mol. The molecule has 2 unspecified atom stereocenters. The number of Topliss-reactive ketones (excluding diaryl/α,β-unsaturated/α-hetero) is 4. The number of nitrogens with two attached hydrogens (primary N) is 1. The van der Waals surface area contributed by atoms with Crippen LogP contribution in [0, 0.1) is 23.7 Å². The lowest BCUT2D eigenvalue weighted by atomic mass is 9.53. The van der Waals surface area contributed by atoms with E-state index in [-0.39, 0.29) is 37.1 Å². The molecule has 2 saturated carbocycles. The summed E-state index contributed by atoms with van der Waals surface area (Å²) in [5.74, 6) is -10.6. The molecular formula is C25H31N3O9S. The Hall–Kier alpha value is -3.16. The summed E-state index contributed by atoms with van der Waals surface area (Å²) >= 11 is 0. The number of phenolic OH excluding ortho intramolecular Hbond substituents is 1. The van der Waals surface area contributed by atoms with E-state index in [1.165, 1.54) is 0 Å². The monoisotopic (exact) mass is 549 g/mol. The van der Waals surface area contributed by atoms with E-state index in [1.807, 2.05) is 0 Å². The fourth-order valence-corrected chi connectivity index (χ4v) is 6.71.